The van der Waals surface area contributed by atoms with Crippen LogP contribution in [-0.4, -0.2) is 13.1 Å². The summed E-state index contributed by atoms with van der Waals surface area (Å²) in [6.45, 7) is 9.47. The first kappa shape index (κ1) is 9.05. The second-order valence-electron chi connectivity index (χ2n) is 4.17. The lowest BCUT2D eigenvalue weighted by atomic mass is 9.82. The molecule has 0 amide bonds. The molecule has 1 rings (SSSR count). The van der Waals surface area contributed by atoms with E-state index in [1.165, 1.54) is 25.9 Å². The van der Waals surface area contributed by atoms with Crippen molar-refractivity contribution in [2.24, 2.45) is 17.8 Å². The third kappa shape index (κ3) is 2.48. The quantitative estimate of drug-likeness (QED) is 0.645. The summed E-state index contributed by atoms with van der Waals surface area (Å²) < 4.78 is 0. The first-order valence-corrected chi connectivity index (χ1v) is 4.94. The van der Waals surface area contributed by atoms with Gasteiger partial charge in [0, 0.05) is 0 Å². The van der Waals surface area contributed by atoms with Crippen LogP contribution in [0.25, 0.3) is 0 Å². The van der Waals surface area contributed by atoms with Gasteiger partial charge in [0.25, 0.3) is 0 Å². The predicted molar refractivity (Wildman–Crippen MR) is 49.6 cm³/mol. The molecule has 0 aliphatic carbocycles. The normalized spacial score (nSPS) is 32.7. The van der Waals surface area contributed by atoms with Crippen LogP contribution < -0.4 is 5.32 Å². The summed E-state index contributed by atoms with van der Waals surface area (Å²) in [6, 6.07) is 0. The van der Waals surface area contributed by atoms with Crippen molar-refractivity contribution in [3.05, 3.63) is 0 Å². The molecule has 1 heterocycles. The second kappa shape index (κ2) is 4.10. The molecule has 0 spiro atoms. The fourth-order valence-electron chi connectivity index (χ4n) is 1.89. The van der Waals surface area contributed by atoms with Crippen LogP contribution in [0.3, 0.4) is 0 Å². The zero-order valence-corrected chi connectivity index (χ0v) is 8.06. The van der Waals surface area contributed by atoms with E-state index in [0.29, 0.717) is 0 Å². The third-order valence-electron chi connectivity index (χ3n) is 3.00. The molecule has 2 unspecified atom stereocenters. The van der Waals surface area contributed by atoms with Crippen LogP contribution in [0.1, 0.15) is 33.6 Å². The number of nitrogens with one attached hydrogen (secondary N) is 1. The standard InChI is InChI=1S/C10H21N/c1-4-9-5-10(8(2)3)7-11-6-9/h8-11H,4-7H2,1-3H3. The summed E-state index contributed by atoms with van der Waals surface area (Å²) in [7, 11) is 0. The van der Waals surface area contributed by atoms with Crippen molar-refractivity contribution in [3.8, 4) is 0 Å². The minimum absolute atomic E-state index is 0.858. The van der Waals surface area contributed by atoms with E-state index in [2.05, 4.69) is 26.1 Å². The van der Waals surface area contributed by atoms with E-state index in [9.17, 15) is 0 Å². The Kier molecular flexibility index (Phi) is 3.38. The highest BCUT2D eigenvalue weighted by molar-refractivity contribution is 4.76. The van der Waals surface area contributed by atoms with Gasteiger partial charge < -0.3 is 5.32 Å². The lowest BCUT2D eigenvalue weighted by molar-refractivity contribution is 0.229. The first-order chi connectivity index (χ1) is 5.24. The van der Waals surface area contributed by atoms with E-state index < -0.39 is 0 Å². The molecule has 1 aliphatic heterocycles. The van der Waals surface area contributed by atoms with Crippen LogP contribution >= 0.6 is 0 Å². The van der Waals surface area contributed by atoms with E-state index >= 15 is 0 Å². The van der Waals surface area contributed by atoms with E-state index in [0.717, 1.165) is 17.8 Å². The van der Waals surface area contributed by atoms with Crippen molar-refractivity contribution in [2.45, 2.75) is 33.6 Å². The summed E-state index contributed by atoms with van der Waals surface area (Å²) in [6.07, 6.45) is 2.79. The number of piperidine rings is 1. The van der Waals surface area contributed by atoms with E-state index in [1.807, 2.05) is 0 Å². The monoisotopic (exact) mass is 155 g/mol. The molecule has 2 atom stereocenters. The Balaban J connectivity index is 2.33. The van der Waals surface area contributed by atoms with Crippen LogP contribution in [0, 0.1) is 17.8 Å². The summed E-state index contributed by atoms with van der Waals surface area (Å²) in [5, 5.41) is 3.52. The maximum Gasteiger partial charge on any atom is -0.00178 e. The highest BCUT2D eigenvalue weighted by atomic mass is 14.9. The van der Waals surface area contributed by atoms with Gasteiger partial charge >= 0.3 is 0 Å². The topological polar surface area (TPSA) is 12.0 Å². The van der Waals surface area contributed by atoms with Gasteiger partial charge in [-0.05, 0) is 37.3 Å². The fraction of sp³-hybridized carbons (Fsp3) is 1.00. The molecule has 1 aliphatic rings. The van der Waals surface area contributed by atoms with Gasteiger partial charge in [0.05, 0.1) is 0 Å². The minimum Gasteiger partial charge on any atom is -0.316 e. The molecule has 66 valence electrons. The van der Waals surface area contributed by atoms with Gasteiger partial charge in [0.15, 0.2) is 0 Å². The Labute approximate surface area is 70.6 Å². The van der Waals surface area contributed by atoms with Crippen molar-refractivity contribution in [1.82, 2.24) is 5.32 Å². The lowest BCUT2D eigenvalue weighted by Gasteiger charge is -2.31. The van der Waals surface area contributed by atoms with E-state index in [-0.39, 0.29) is 0 Å². The highest BCUT2D eigenvalue weighted by Crippen LogP contribution is 2.24. The smallest absolute Gasteiger partial charge is 0.00178 e. The molecule has 0 saturated carbocycles. The van der Waals surface area contributed by atoms with Gasteiger partial charge in [0.1, 0.15) is 0 Å². The zero-order valence-electron chi connectivity index (χ0n) is 8.06. The molecular formula is C10H21N. The second-order valence-corrected chi connectivity index (χ2v) is 4.17. The summed E-state index contributed by atoms with van der Waals surface area (Å²) in [5.74, 6) is 2.72. The van der Waals surface area contributed by atoms with Crippen LogP contribution in [0.15, 0.2) is 0 Å². The third-order valence-corrected chi connectivity index (χ3v) is 3.00. The predicted octanol–water partition coefficient (Wildman–Crippen LogP) is 2.28. The molecule has 0 aromatic carbocycles. The van der Waals surface area contributed by atoms with Gasteiger partial charge in [-0.2, -0.15) is 0 Å². The molecule has 1 N–H and O–H groups in total. The highest BCUT2D eigenvalue weighted by Gasteiger charge is 2.22. The Bertz CT molecular complexity index is 109. The maximum atomic E-state index is 3.52. The first-order valence-electron chi connectivity index (χ1n) is 4.94. The fourth-order valence-corrected chi connectivity index (χ4v) is 1.89. The molecular weight excluding hydrogens is 134 g/mol. The molecule has 0 bridgehead atoms. The molecule has 1 fully saturated rings. The van der Waals surface area contributed by atoms with Crippen LogP contribution in [0.2, 0.25) is 0 Å². The van der Waals surface area contributed by atoms with Crippen molar-refractivity contribution in [3.63, 3.8) is 0 Å². The summed E-state index contributed by atoms with van der Waals surface area (Å²) in [5.41, 5.74) is 0. The van der Waals surface area contributed by atoms with Crippen molar-refractivity contribution in [2.75, 3.05) is 13.1 Å². The van der Waals surface area contributed by atoms with Gasteiger partial charge in [-0.1, -0.05) is 27.2 Å². The average Bonchev–Trinajstić information content (AvgIpc) is 2.05. The molecule has 11 heavy (non-hydrogen) atoms. The maximum absolute atomic E-state index is 3.52. The van der Waals surface area contributed by atoms with Gasteiger partial charge in [-0.15, -0.1) is 0 Å². The summed E-state index contributed by atoms with van der Waals surface area (Å²) in [4.78, 5) is 0. The molecule has 1 saturated heterocycles. The molecule has 0 aromatic rings. The van der Waals surface area contributed by atoms with Gasteiger partial charge in [-0.25, -0.2) is 0 Å². The lowest BCUT2D eigenvalue weighted by Crippen LogP contribution is -2.38. The van der Waals surface area contributed by atoms with Crippen LogP contribution in [-0.2, 0) is 0 Å². The molecule has 1 heteroatoms. The van der Waals surface area contributed by atoms with Crippen molar-refractivity contribution < 1.29 is 0 Å². The molecule has 0 radical (unpaired) electrons. The molecule has 0 aromatic heterocycles. The zero-order chi connectivity index (χ0) is 8.27. The largest absolute Gasteiger partial charge is 0.316 e. The van der Waals surface area contributed by atoms with Crippen molar-refractivity contribution >= 4 is 0 Å². The number of hydrogen-bond acceptors (Lipinski definition) is 1. The van der Waals surface area contributed by atoms with E-state index in [1.54, 1.807) is 0 Å². The van der Waals surface area contributed by atoms with Crippen molar-refractivity contribution in [1.29, 1.82) is 0 Å². The van der Waals surface area contributed by atoms with E-state index in [4.69, 9.17) is 0 Å². The Morgan fingerprint density at radius 1 is 1.36 bits per heavy atom. The summed E-state index contributed by atoms with van der Waals surface area (Å²) >= 11 is 0. The van der Waals surface area contributed by atoms with Gasteiger partial charge in [-0.3, -0.25) is 0 Å². The average molecular weight is 155 g/mol. The number of hydrogen-bond donors (Lipinski definition) is 1. The van der Waals surface area contributed by atoms with Gasteiger partial charge in [0.2, 0.25) is 0 Å². The Morgan fingerprint density at radius 3 is 2.64 bits per heavy atom. The SMILES string of the molecule is CCC1CNCC(C(C)C)C1. The number of rotatable bonds is 2. The minimum atomic E-state index is 0.858. The molecule has 1 nitrogen and oxygen atoms in total. The van der Waals surface area contributed by atoms with Crippen LogP contribution in [0.5, 0.6) is 0 Å². The Hall–Kier alpha value is -0.0400. The van der Waals surface area contributed by atoms with Crippen LogP contribution in [0.4, 0.5) is 0 Å². The Morgan fingerprint density at radius 2 is 2.09 bits per heavy atom.